The van der Waals surface area contributed by atoms with E-state index in [2.05, 4.69) is 4.98 Å². The molecule has 29 heavy (non-hydrogen) atoms. The molecule has 0 radical (unpaired) electrons. The zero-order chi connectivity index (χ0) is 21.6. The Bertz CT molecular complexity index is 1230. The third-order valence-corrected chi connectivity index (χ3v) is 5.03. The Morgan fingerprint density at radius 3 is 2.48 bits per heavy atom. The van der Waals surface area contributed by atoms with E-state index < -0.39 is 42.7 Å². The van der Waals surface area contributed by atoms with Crippen LogP contribution in [-0.4, -0.2) is 24.3 Å². The summed E-state index contributed by atoms with van der Waals surface area (Å²) in [6.45, 7) is 1.48. The van der Waals surface area contributed by atoms with Crippen LogP contribution in [0, 0.1) is 0 Å². The SMILES string of the molecule is CC(c1ccccn1)c1cc2c(cc1C(F)(F)F)[nH]c(=O)c(=O)n2CP(=O)(O)O. The summed E-state index contributed by atoms with van der Waals surface area (Å²) in [5, 5.41) is 0. The van der Waals surface area contributed by atoms with Crippen LogP contribution in [0.2, 0.25) is 0 Å². The van der Waals surface area contributed by atoms with Gasteiger partial charge in [0.2, 0.25) is 0 Å². The highest BCUT2D eigenvalue weighted by molar-refractivity contribution is 7.50. The van der Waals surface area contributed by atoms with Crippen molar-refractivity contribution in [3.63, 3.8) is 0 Å². The van der Waals surface area contributed by atoms with E-state index in [1.807, 2.05) is 4.98 Å². The lowest BCUT2D eigenvalue weighted by molar-refractivity contribution is -0.138. The summed E-state index contributed by atoms with van der Waals surface area (Å²) in [7, 11) is -4.80. The second-order valence-corrected chi connectivity index (χ2v) is 8.04. The number of nitrogens with one attached hydrogen (secondary N) is 1. The van der Waals surface area contributed by atoms with Gasteiger partial charge >= 0.3 is 24.9 Å². The molecule has 0 spiro atoms. The van der Waals surface area contributed by atoms with Crippen molar-refractivity contribution in [3.8, 4) is 0 Å². The highest BCUT2D eigenvalue weighted by Gasteiger charge is 2.36. The largest absolute Gasteiger partial charge is 0.416 e. The minimum atomic E-state index is -4.80. The average molecular weight is 429 g/mol. The molecule has 0 fully saturated rings. The van der Waals surface area contributed by atoms with E-state index in [0.29, 0.717) is 16.3 Å². The minimum absolute atomic E-state index is 0.233. The Balaban J connectivity index is 2.39. The number of hydrogen-bond acceptors (Lipinski definition) is 4. The van der Waals surface area contributed by atoms with E-state index in [1.165, 1.54) is 19.2 Å². The Kier molecular flexibility index (Phi) is 5.24. The number of rotatable bonds is 4. The highest BCUT2D eigenvalue weighted by atomic mass is 31.2. The standard InChI is InChI=1S/C17H15F3N3O5P/c1-9(12-4-2-3-5-21-12)10-6-14-13(7-11(10)17(18,19)20)22-15(24)16(25)23(14)8-29(26,27)28/h2-7,9H,8H2,1H3,(H,22,24)(H2,26,27,28). The lowest BCUT2D eigenvalue weighted by Crippen LogP contribution is -2.36. The second-order valence-electron chi connectivity index (χ2n) is 6.42. The summed E-state index contributed by atoms with van der Waals surface area (Å²) in [4.78, 5) is 48.5. The molecular weight excluding hydrogens is 414 g/mol. The summed E-state index contributed by atoms with van der Waals surface area (Å²) in [5.74, 6) is -0.859. The number of halogens is 3. The molecule has 1 atom stereocenters. The third-order valence-electron chi connectivity index (χ3n) is 4.38. The molecule has 1 unspecified atom stereocenters. The number of nitrogens with zero attached hydrogens (tertiary/aromatic N) is 2. The van der Waals surface area contributed by atoms with Gasteiger partial charge in [-0.2, -0.15) is 13.2 Å². The summed E-state index contributed by atoms with van der Waals surface area (Å²) in [6, 6.07) is 6.40. The van der Waals surface area contributed by atoms with Gasteiger partial charge in [0.1, 0.15) is 6.29 Å². The molecule has 3 N–H and O–H groups in total. The number of hydrogen-bond donors (Lipinski definition) is 3. The summed E-state index contributed by atoms with van der Waals surface area (Å²) in [6.07, 6.45) is -4.51. The first-order valence-corrected chi connectivity index (χ1v) is 10.0. The average Bonchev–Trinajstić information content (AvgIpc) is 2.63. The number of fused-ring (bicyclic) bond motifs is 1. The molecular formula is C17H15F3N3O5P. The monoisotopic (exact) mass is 429 g/mol. The normalized spacial score (nSPS) is 13.6. The summed E-state index contributed by atoms with van der Waals surface area (Å²) in [5.41, 5.74) is -4.15. The number of alkyl halides is 3. The van der Waals surface area contributed by atoms with E-state index in [-0.39, 0.29) is 16.6 Å². The molecule has 0 saturated carbocycles. The van der Waals surface area contributed by atoms with Crippen LogP contribution in [0.25, 0.3) is 11.0 Å². The van der Waals surface area contributed by atoms with E-state index >= 15 is 0 Å². The van der Waals surface area contributed by atoms with Crippen LogP contribution in [0.3, 0.4) is 0 Å². The molecule has 2 aromatic heterocycles. The van der Waals surface area contributed by atoms with Crippen molar-refractivity contribution in [1.82, 2.24) is 14.5 Å². The Morgan fingerprint density at radius 2 is 1.93 bits per heavy atom. The summed E-state index contributed by atoms with van der Waals surface area (Å²) < 4.78 is 53.0. The van der Waals surface area contributed by atoms with Gasteiger partial charge in [0.25, 0.3) is 0 Å². The molecule has 12 heteroatoms. The first-order valence-electron chi connectivity index (χ1n) is 8.22. The zero-order valence-electron chi connectivity index (χ0n) is 14.8. The first-order chi connectivity index (χ1) is 13.4. The van der Waals surface area contributed by atoms with Crippen LogP contribution in [0.1, 0.15) is 29.7 Å². The molecule has 0 aliphatic heterocycles. The maximum Gasteiger partial charge on any atom is 0.416 e. The topological polar surface area (TPSA) is 125 Å². The molecule has 0 amide bonds. The predicted octanol–water partition coefficient (Wildman–Crippen LogP) is 2.39. The fourth-order valence-electron chi connectivity index (χ4n) is 3.06. The van der Waals surface area contributed by atoms with Gasteiger partial charge in [-0.25, -0.2) is 0 Å². The van der Waals surface area contributed by atoms with Crippen molar-refractivity contribution in [3.05, 3.63) is 74.1 Å². The van der Waals surface area contributed by atoms with E-state index in [1.54, 1.807) is 12.1 Å². The smallest absolute Gasteiger partial charge is 0.323 e. The Hall–Kier alpha value is -2.75. The number of aromatic nitrogens is 3. The predicted molar refractivity (Wildman–Crippen MR) is 97.6 cm³/mol. The minimum Gasteiger partial charge on any atom is -0.323 e. The Labute approximate surface area is 160 Å². The molecule has 3 aromatic rings. The molecule has 1 aromatic carbocycles. The molecule has 0 aliphatic rings. The van der Waals surface area contributed by atoms with E-state index in [9.17, 15) is 37.1 Å². The van der Waals surface area contributed by atoms with Gasteiger partial charge in [-0.05, 0) is 29.8 Å². The Morgan fingerprint density at radius 1 is 1.24 bits per heavy atom. The fourth-order valence-corrected chi connectivity index (χ4v) is 3.70. The van der Waals surface area contributed by atoms with E-state index in [4.69, 9.17) is 0 Å². The number of H-pyrrole nitrogens is 1. The number of aromatic amines is 1. The highest BCUT2D eigenvalue weighted by Crippen LogP contribution is 2.40. The number of pyridine rings is 1. The van der Waals surface area contributed by atoms with Crippen molar-refractivity contribution in [2.24, 2.45) is 0 Å². The van der Waals surface area contributed by atoms with Gasteiger partial charge in [-0.3, -0.25) is 23.7 Å². The van der Waals surface area contributed by atoms with Crippen molar-refractivity contribution in [2.45, 2.75) is 25.3 Å². The fraction of sp³-hybridized carbons (Fsp3) is 0.235. The summed E-state index contributed by atoms with van der Waals surface area (Å²) >= 11 is 0. The van der Waals surface area contributed by atoms with Crippen molar-refractivity contribution in [1.29, 1.82) is 0 Å². The van der Waals surface area contributed by atoms with Crippen LogP contribution < -0.4 is 11.1 Å². The van der Waals surface area contributed by atoms with Crippen LogP contribution in [0.15, 0.2) is 46.1 Å². The lowest BCUT2D eigenvalue weighted by atomic mass is 9.91. The molecule has 0 bridgehead atoms. The molecule has 154 valence electrons. The quantitative estimate of drug-likeness (QED) is 0.432. The molecule has 2 heterocycles. The van der Waals surface area contributed by atoms with E-state index in [0.717, 1.165) is 6.07 Å². The zero-order valence-corrected chi connectivity index (χ0v) is 15.7. The molecule has 0 saturated heterocycles. The van der Waals surface area contributed by atoms with Gasteiger partial charge in [0.15, 0.2) is 0 Å². The van der Waals surface area contributed by atoms with Crippen LogP contribution in [0.5, 0.6) is 0 Å². The molecule has 0 aliphatic carbocycles. The number of benzene rings is 1. The van der Waals surface area contributed by atoms with Gasteiger partial charge in [0, 0.05) is 17.8 Å². The third kappa shape index (κ3) is 4.31. The van der Waals surface area contributed by atoms with Gasteiger partial charge in [0.05, 0.1) is 16.6 Å². The van der Waals surface area contributed by atoms with Gasteiger partial charge in [-0.1, -0.05) is 13.0 Å². The van der Waals surface area contributed by atoms with Crippen LogP contribution in [0.4, 0.5) is 13.2 Å². The van der Waals surface area contributed by atoms with Gasteiger partial charge in [-0.15, -0.1) is 0 Å². The van der Waals surface area contributed by atoms with Crippen LogP contribution in [-0.2, 0) is 17.0 Å². The van der Waals surface area contributed by atoms with Crippen molar-refractivity contribution >= 4 is 18.6 Å². The lowest BCUT2D eigenvalue weighted by Gasteiger charge is -2.20. The molecule has 8 nitrogen and oxygen atoms in total. The van der Waals surface area contributed by atoms with Crippen LogP contribution >= 0.6 is 7.60 Å². The van der Waals surface area contributed by atoms with Crippen molar-refractivity contribution in [2.75, 3.05) is 0 Å². The maximum absolute atomic E-state index is 13.7. The molecule has 3 rings (SSSR count). The van der Waals surface area contributed by atoms with Crippen molar-refractivity contribution < 1.29 is 27.5 Å². The van der Waals surface area contributed by atoms with Gasteiger partial charge < -0.3 is 14.8 Å². The first kappa shape index (κ1) is 21.0. The second kappa shape index (κ2) is 7.25. The maximum atomic E-state index is 13.7.